The molecule has 0 bridgehead atoms. The van der Waals surface area contributed by atoms with Crippen LogP contribution < -0.4 is 4.90 Å². The monoisotopic (exact) mass is 260 g/mol. The van der Waals surface area contributed by atoms with Crippen LogP contribution in [0.1, 0.15) is 32.6 Å². The molecule has 1 aromatic rings. The molecule has 1 aromatic carbocycles. The molecule has 3 heteroatoms. The number of hydrogen-bond acceptors (Lipinski definition) is 2. The van der Waals surface area contributed by atoms with E-state index >= 15 is 0 Å². The van der Waals surface area contributed by atoms with Crippen LogP contribution in [0.5, 0.6) is 0 Å². The Kier molecular flexibility index (Phi) is 5.25. The molecule has 104 valence electrons. The van der Waals surface area contributed by atoms with Gasteiger partial charge in [-0.3, -0.25) is 4.79 Å². The van der Waals surface area contributed by atoms with Gasteiger partial charge in [0.1, 0.15) is 0 Å². The lowest BCUT2D eigenvalue weighted by Crippen LogP contribution is -2.37. The summed E-state index contributed by atoms with van der Waals surface area (Å²) >= 11 is 0. The van der Waals surface area contributed by atoms with Gasteiger partial charge < -0.3 is 9.80 Å². The maximum atomic E-state index is 12.1. The zero-order valence-corrected chi connectivity index (χ0v) is 11.8. The van der Waals surface area contributed by atoms with Gasteiger partial charge in [-0.05, 0) is 38.3 Å². The Morgan fingerprint density at radius 2 is 1.84 bits per heavy atom. The molecule has 0 aliphatic carbocycles. The molecule has 19 heavy (non-hydrogen) atoms. The third-order valence-corrected chi connectivity index (χ3v) is 3.81. The first-order chi connectivity index (χ1) is 9.31. The van der Waals surface area contributed by atoms with Gasteiger partial charge in [0, 0.05) is 38.3 Å². The molecule has 1 fully saturated rings. The molecule has 0 N–H and O–H groups in total. The Hall–Kier alpha value is -1.51. The highest BCUT2D eigenvalue weighted by Gasteiger charge is 2.17. The Labute approximate surface area is 116 Å². The fourth-order valence-corrected chi connectivity index (χ4v) is 2.64. The first kappa shape index (κ1) is 13.9. The zero-order chi connectivity index (χ0) is 13.5. The molecule has 0 radical (unpaired) electrons. The topological polar surface area (TPSA) is 23.6 Å². The van der Waals surface area contributed by atoms with E-state index in [-0.39, 0.29) is 0 Å². The fourth-order valence-electron chi connectivity index (χ4n) is 2.64. The standard InChI is InChI=1S/C16H24N2O/c1-2-17(15-9-5-3-6-10-15)14-11-16(19)18-12-7-4-8-13-18/h3,5-6,9-10H,2,4,7-8,11-14H2,1H3. The van der Waals surface area contributed by atoms with Crippen LogP contribution in [0.3, 0.4) is 0 Å². The minimum atomic E-state index is 0.314. The average Bonchev–Trinajstić information content (AvgIpc) is 2.49. The summed E-state index contributed by atoms with van der Waals surface area (Å²) in [5.74, 6) is 0.314. The third-order valence-electron chi connectivity index (χ3n) is 3.81. The van der Waals surface area contributed by atoms with Gasteiger partial charge in [-0.15, -0.1) is 0 Å². The van der Waals surface area contributed by atoms with Crippen molar-refractivity contribution in [2.75, 3.05) is 31.1 Å². The minimum Gasteiger partial charge on any atom is -0.371 e. The smallest absolute Gasteiger partial charge is 0.224 e. The summed E-state index contributed by atoms with van der Waals surface area (Å²) in [7, 11) is 0. The molecule has 0 unspecified atom stereocenters. The molecule has 1 aliphatic heterocycles. The highest BCUT2D eigenvalue weighted by molar-refractivity contribution is 5.76. The summed E-state index contributed by atoms with van der Waals surface area (Å²) < 4.78 is 0. The van der Waals surface area contributed by atoms with Crippen LogP contribution in [-0.4, -0.2) is 37.0 Å². The van der Waals surface area contributed by atoms with E-state index in [0.29, 0.717) is 12.3 Å². The van der Waals surface area contributed by atoms with E-state index in [1.807, 2.05) is 23.1 Å². The van der Waals surface area contributed by atoms with E-state index in [2.05, 4.69) is 24.0 Å². The van der Waals surface area contributed by atoms with Gasteiger partial charge in [0.25, 0.3) is 0 Å². The molecular weight excluding hydrogens is 236 g/mol. The SMILES string of the molecule is CCN(CCC(=O)N1CCCCC1)c1ccccc1. The second-order valence-electron chi connectivity index (χ2n) is 5.11. The molecule has 1 aliphatic rings. The molecule has 0 spiro atoms. The number of amides is 1. The highest BCUT2D eigenvalue weighted by atomic mass is 16.2. The lowest BCUT2D eigenvalue weighted by molar-refractivity contribution is -0.131. The van der Waals surface area contributed by atoms with Crippen LogP contribution in [0.25, 0.3) is 0 Å². The van der Waals surface area contributed by atoms with Crippen molar-refractivity contribution in [1.82, 2.24) is 4.90 Å². The number of piperidine rings is 1. The maximum absolute atomic E-state index is 12.1. The molecule has 1 heterocycles. The third kappa shape index (κ3) is 3.98. The number of likely N-dealkylation sites (tertiary alicyclic amines) is 1. The second kappa shape index (κ2) is 7.17. The summed E-state index contributed by atoms with van der Waals surface area (Å²) in [6, 6.07) is 10.3. The first-order valence-electron chi connectivity index (χ1n) is 7.39. The highest BCUT2D eigenvalue weighted by Crippen LogP contribution is 2.14. The van der Waals surface area contributed by atoms with Crippen LogP contribution in [0, 0.1) is 0 Å². The van der Waals surface area contributed by atoms with Crippen molar-refractivity contribution in [2.24, 2.45) is 0 Å². The summed E-state index contributed by atoms with van der Waals surface area (Å²) in [6.07, 6.45) is 4.24. The molecule has 1 saturated heterocycles. The van der Waals surface area contributed by atoms with E-state index in [9.17, 15) is 4.79 Å². The Morgan fingerprint density at radius 3 is 2.47 bits per heavy atom. The number of benzene rings is 1. The van der Waals surface area contributed by atoms with E-state index in [1.165, 1.54) is 24.9 Å². The van der Waals surface area contributed by atoms with Crippen molar-refractivity contribution in [3.8, 4) is 0 Å². The van der Waals surface area contributed by atoms with Crippen LogP contribution in [0.4, 0.5) is 5.69 Å². The fraction of sp³-hybridized carbons (Fsp3) is 0.562. The van der Waals surface area contributed by atoms with Gasteiger partial charge in [-0.1, -0.05) is 18.2 Å². The lowest BCUT2D eigenvalue weighted by Gasteiger charge is -2.28. The summed E-state index contributed by atoms with van der Waals surface area (Å²) in [5, 5.41) is 0. The zero-order valence-electron chi connectivity index (χ0n) is 11.8. The van der Waals surface area contributed by atoms with Crippen LogP contribution in [-0.2, 0) is 4.79 Å². The van der Waals surface area contributed by atoms with Gasteiger partial charge in [0.2, 0.25) is 5.91 Å². The average molecular weight is 260 g/mol. The van der Waals surface area contributed by atoms with Gasteiger partial charge in [0.15, 0.2) is 0 Å². The Bertz CT molecular complexity index is 385. The minimum absolute atomic E-state index is 0.314. The number of rotatable bonds is 5. The summed E-state index contributed by atoms with van der Waals surface area (Å²) in [5.41, 5.74) is 1.21. The van der Waals surface area contributed by atoms with E-state index in [1.54, 1.807) is 0 Å². The van der Waals surface area contributed by atoms with Gasteiger partial charge in [0.05, 0.1) is 0 Å². The Morgan fingerprint density at radius 1 is 1.16 bits per heavy atom. The molecule has 0 atom stereocenters. The first-order valence-corrected chi connectivity index (χ1v) is 7.39. The van der Waals surface area contributed by atoms with Gasteiger partial charge >= 0.3 is 0 Å². The predicted octanol–water partition coefficient (Wildman–Crippen LogP) is 2.92. The normalized spacial score (nSPS) is 15.3. The van der Waals surface area contributed by atoms with Crippen molar-refractivity contribution in [3.63, 3.8) is 0 Å². The number of carbonyl (C=O) groups is 1. The molecule has 0 saturated carbocycles. The van der Waals surface area contributed by atoms with Gasteiger partial charge in [-0.2, -0.15) is 0 Å². The molecule has 2 rings (SSSR count). The Balaban J connectivity index is 1.84. The van der Waals surface area contributed by atoms with Gasteiger partial charge in [-0.25, -0.2) is 0 Å². The molecular formula is C16H24N2O. The summed E-state index contributed by atoms with van der Waals surface area (Å²) in [4.78, 5) is 16.4. The number of carbonyl (C=O) groups excluding carboxylic acids is 1. The number of anilines is 1. The van der Waals surface area contributed by atoms with E-state index in [0.717, 1.165) is 26.2 Å². The molecule has 3 nitrogen and oxygen atoms in total. The quantitative estimate of drug-likeness (QED) is 0.812. The van der Waals surface area contributed by atoms with Crippen molar-refractivity contribution >= 4 is 11.6 Å². The lowest BCUT2D eigenvalue weighted by atomic mass is 10.1. The molecule has 1 amide bonds. The molecule has 0 aromatic heterocycles. The van der Waals surface area contributed by atoms with Crippen molar-refractivity contribution < 1.29 is 4.79 Å². The number of nitrogens with zero attached hydrogens (tertiary/aromatic N) is 2. The second-order valence-corrected chi connectivity index (χ2v) is 5.11. The van der Waals surface area contributed by atoms with E-state index < -0.39 is 0 Å². The van der Waals surface area contributed by atoms with Crippen LogP contribution in [0.2, 0.25) is 0 Å². The number of hydrogen-bond donors (Lipinski definition) is 0. The van der Waals surface area contributed by atoms with Crippen molar-refractivity contribution in [2.45, 2.75) is 32.6 Å². The summed E-state index contributed by atoms with van der Waals surface area (Å²) in [6.45, 7) is 5.80. The maximum Gasteiger partial charge on any atom is 0.224 e. The number of para-hydroxylation sites is 1. The van der Waals surface area contributed by atoms with Crippen molar-refractivity contribution in [1.29, 1.82) is 0 Å². The largest absolute Gasteiger partial charge is 0.371 e. The van der Waals surface area contributed by atoms with Crippen molar-refractivity contribution in [3.05, 3.63) is 30.3 Å². The predicted molar refractivity (Wildman–Crippen MR) is 79.4 cm³/mol. The van der Waals surface area contributed by atoms with Crippen LogP contribution in [0.15, 0.2) is 30.3 Å². The van der Waals surface area contributed by atoms with E-state index in [4.69, 9.17) is 0 Å². The van der Waals surface area contributed by atoms with Crippen LogP contribution >= 0.6 is 0 Å².